The van der Waals surface area contributed by atoms with Gasteiger partial charge < -0.3 is 20.1 Å². The van der Waals surface area contributed by atoms with E-state index in [1.54, 1.807) is 14.2 Å². The predicted octanol–water partition coefficient (Wildman–Crippen LogP) is 5.97. The van der Waals surface area contributed by atoms with Crippen LogP contribution in [0.25, 0.3) is 0 Å². The van der Waals surface area contributed by atoms with Crippen LogP contribution in [0.5, 0.6) is 11.5 Å². The largest absolute Gasteiger partial charge is 0.493 e. The van der Waals surface area contributed by atoms with Gasteiger partial charge in [0.25, 0.3) is 5.91 Å². The molecule has 0 radical (unpaired) electrons. The van der Waals surface area contributed by atoms with Gasteiger partial charge in [0.05, 0.1) is 20.3 Å². The highest BCUT2D eigenvalue weighted by Crippen LogP contribution is 2.63. The molecule has 3 aromatic carbocycles. The highest BCUT2D eigenvalue weighted by Gasteiger charge is 2.53. The minimum atomic E-state index is -0.0110. The fourth-order valence-corrected chi connectivity index (χ4v) is 7.08. The van der Waals surface area contributed by atoms with Crippen molar-refractivity contribution in [2.75, 3.05) is 26.1 Å². The zero-order valence-corrected chi connectivity index (χ0v) is 21.0. The third-order valence-electron chi connectivity index (χ3n) is 8.66. The van der Waals surface area contributed by atoms with Crippen molar-refractivity contribution in [1.82, 2.24) is 5.32 Å². The lowest BCUT2D eigenvalue weighted by Crippen LogP contribution is -2.35. The molecule has 5 nitrogen and oxygen atoms in total. The first kappa shape index (κ1) is 23.0. The first-order valence-corrected chi connectivity index (χ1v) is 13.1. The van der Waals surface area contributed by atoms with Gasteiger partial charge in [0.15, 0.2) is 11.5 Å². The van der Waals surface area contributed by atoms with Gasteiger partial charge in [-0.2, -0.15) is 0 Å². The number of anilines is 1. The Morgan fingerprint density at radius 2 is 1.75 bits per heavy atom. The van der Waals surface area contributed by atoms with Crippen molar-refractivity contribution >= 4 is 11.6 Å². The molecule has 0 unspecified atom stereocenters. The van der Waals surface area contributed by atoms with Crippen LogP contribution in [0.15, 0.2) is 66.7 Å². The molecule has 5 heteroatoms. The summed E-state index contributed by atoms with van der Waals surface area (Å²) in [5.74, 6) is 4.04. The van der Waals surface area contributed by atoms with Crippen LogP contribution < -0.4 is 20.1 Å². The summed E-state index contributed by atoms with van der Waals surface area (Å²) >= 11 is 0. The lowest BCUT2D eigenvalue weighted by molar-refractivity contribution is 0.0954. The van der Waals surface area contributed by atoms with E-state index in [2.05, 4.69) is 53.1 Å². The molecule has 6 rings (SSSR count). The van der Waals surface area contributed by atoms with Crippen molar-refractivity contribution in [2.45, 2.75) is 37.6 Å². The molecule has 3 aromatic rings. The van der Waals surface area contributed by atoms with Crippen LogP contribution in [0.1, 0.15) is 58.3 Å². The number of carbonyl (C=O) groups excluding carboxylic acids is 1. The van der Waals surface area contributed by atoms with Crippen LogP contribution in [-0.4, -0.2) is 26.7 Å². The zero-order chi connectivity index (χ0) is 24.6. The Bertz CT molecular complexity index is 1260. The van der Waals surface area contributed by atoms with Crippen LogP contribution in [0.3, 0.4) is 0 Å². The fourth-order valence-electron chi connectivity index (χ4n) is 7.08. The Morgan fingerprint density at radius 3 is 2.56 bits per heavy atom. The molecule has 0 saturated heterocycles. The van der Waals surface area contributed by atoms with E-state index in [1.165, 1.54) is 36.1 Å². The number of ether oxygens (including phenoxy) is 2. The number of nitrogens with one attached hydrogen (secondary N) is 2. The molecule has 2 fully saturated rings. The molecule has 2 aliphatic carbocycles. The van der Waals surface area contributed by atoms with E-state index in [0.717, 1.165) is 29.4 Å². The quantitative estimate of drug-likeness (QED) is 0.435. The Labute approximate surface area is 213 Å². The number of hydrogen-bond donors (Lipinski definition) is 2. The summed E-state index contributed by atoms with van der Waals surface area (Å²) in [7, 11) is 3.27. The Balaban J connectivity index is 1.19. The monoisotopic (exact) mass is 482 g/mol. The first-order chi connectivity index (χ1) is 17.7. The molecule has 2 bridgehead atoms. The van der Waals surface area contributed by atoms with E-state index >= 15 is 0 Å². The van der Waals surface area contributed by atoms with Crippen molar-refractivity contribution in [1.29, 1.82) is 0 Å². The number of fused-ring (bicyclic) bond motifs is 7. The van der Waals surface area contributed by atoms with Crippen LogP contribution in [0.4, 0.5) is 5.69 Å². The summed E-state index contributed by atoms with van der Waals surface area (Å²) in [5.41, 5.74) is 5.76. The lowest BCUT2D eigenvalue weighted by atomic mass is 9.68. The minimum Gasteiger partial charge on any atom is -0.493 e. The number of benzene rings is 3. The van der Waals surface area contributed by atoms with Crippen molar-refractivity contribution in [3.63, 3.8) is 0 Å². The second kappa shape index (κ2) is 9.53. The second-order valence-electron chi connectivity index (χ2n) is 10.5. The van der Waals surface area contributed by atoms with E-state index in [1.807, 2.05) is 24.3 Å². The summed E-state index contributed by atoms with van der Waals surface area (Å²) in [6.45, 7) is 0.566. The third kappa shape index (κ3) is 4.01. The van der Waals surface area contributed by atoms with Crippen LogP contribution >= 0.6 is 0 Å². The average Bonchev–Trinajstić information content (AvgIpc) is 3.56. The average molecular weight is 483 g/mol. The SMILES string of the molecule is COc1ccc(CCNC(=O)c2ccc3c(c2)[C@@H]2[C@H]4CC[C@@H](C4)[C@@H]2[C@H](c2ccccc2)N3)cc1OC. The standard InChI is InChI=1S/C31H34N2O3/c1-35-26-13-8-19(16-27(26)36-2)14-15-32-31(34)23-11-12-25-24(18-23)28-21-9-10-22(17-21)29(28)30(33-25)20-6-4-3-5-7-20/h3-8,11-13,16,18,21-22,28-30,33H,9-10,14-15,17H2,1-2H3,(H,32,34)/t21-,22-,28-,29-,30-/m0/s1. The van der Waals surface area contributed by atoms with Crippen molar-refractivity contribution in [3.8, 4) is 11.5 Å². The second-order valence-corrected chi connectivity index (χ2v) is 10.5. The van der Waals surface area contributed by atoms with E-state index in [-0.39, 0.29) is 5.91 Å². The van der Waals surface area contributed by atoms with Gasteiger partial charge >= 0.3 is 0 Å². The number of rotatable bonds is 7. The Hall–Kier alpha value is -3.47. The molecular weight excluding hydrogens is 448 g/mol. The van der Waals surface area contributed by atoms with Crippen LogP contribution in [0.2, 0.25) is 0 Å². The van der Waals surface area contributed by atoms with E-state index < -0.39 is 0 Å². The topological polar surface area (TPSA) is 59.6 Å². The van der Waals surface area contributed by atoms with Gasteiger partial charge in [0, 0.05) is 17.8 Å². The summed E-state index contributed by atoms with van der Waals surface area (Å²) in [4.78, 5) is 13.1. The Morgan fingerprint density at radius 1 is 0.944 bits per heavy atom. The molecule has 0 spiro atoms. The normalized spacial score (nSPS) is 25.4. The van der Waals surface area contributed by atoms with Gasteiger partial charge in [0.1, 0.15) is 0 Å². The third-order valence-corrected chi connectivity index (χ3v) is 8.66. The molecule has 1 heterocycles. The van der Waals surface area contributed by atoms with Gasteiger partial charge in [0.2, 0.25) is 0 Å². The van der Waals surface area contributed by atoms with E-state index in [4.69, 9.17) is 9.47 Å². The van der Waals surface area contributed by atoms with Gasteiger partial charge in [-0.25, -0.2) is 0 Å². The summed E-state index contributed by atoms with van der Waals surface area (Å²) in [6.07, 6.45) is 4.70. The highest BCUT2D eigenvalue weighted by atomic mass is 16.5. The molecular formula is C31H34N2O3. The van der Waals surface area contributed by atoms with Crippen molar-refractivity contribution in [2.24, 2.45) is 17.8 Å². The predicted molar refractivity (Wildman–Crippen MR) is 142 cm³/mol. The van der Waals surface area contributed by atoms with Gasteiger partial charge in [-0.3, -0.25) is 4.79 Å². The van der Waals surface area contributed by atoms with Gasteiger partial charge in [-0.15, -0.1) is 0 Å². The molecule has 186 valence electrons. The maximum Gasteiger partial charge on any atom is 0.251 e. The fraction of sp³-hybridized carbons (Fsp3) is 0.387. The first-order valence-electron chi connectivity index (χ1n) is 13.1. The summed E-state index contributed by atoms with van der Waals surface area (Å²) < 4.78 is 10.7. The molecule has 5 atom stereocenters. The summed E-state index contributed by atoms with van der Waals surface area (Å²) in [5, 5.41) is 6.98. The van der Waals surface area contributed by atoms with E-state index in [9.17, 15) is 4.79 Å². The number of methoxy groups -OCH3 is 2. The van der Waals surface area contributed by atoms with Crippen molar-refractivity contribution < 1.29 is 14.3 Å². The zero-order valence-electron chi connectivity index (χ0n) is 21.0. The van der Waals surface area contributed by atoms with Crippen molar-refractivity contribution in [3.05, 3.63) is 89.0 Å². The minimum absolute atomic E-state index is 0.0110. The smallest absolute Gasteiger partial charge is 0.251 e. The molecule has 2 saturated carbocycles. The number of carbonyl (C=O) groups is 1. The molecule has 2 N–H and O–H groups in total. The van der Waals surface area contributed by atoms with Gasteiger partial charge in [-0.05, 0) is 96.4 Å². The maximum atomic E-state index is 13.1. The molecule has 1 aliphatic heterocycles. The van der Waals surface area contributed by atoms with Gasteiger partial charge in [-0.1, -0.05) is 36.4 Å². The summed E-state index contributed by atoms with van der Waals surface area (Å²) in [6, 6.07) is 23.4. The molecule has 3 aliphatic rings. The van der Waals surface area contributed by atoms with E-state index in [0.29, 0.717) is 35.9 Å². The Kier molecular flexibility index (Phi) is 6.08. The molecule has 36 heavy (non-hydrogen) atoms. The molecule has 0 aromatic heterocycles. The highest BCUT2D eigenvalue weighted by molar-refractivity contribution is 5.95. The molecule has 1 amide bonds. The number of amides is 1. The number of hydrogen-bond acceptors (Lipinski definition) is 4. The lowest BCUT2D eigenvalue weighted by Gasteiger charge is -2.43. The maximum absolute atomic E-state index is 13.1. The van der Waals surface area contributed by atoms with Crippen LogP contribution in [-0.2, 0) is 6.42 Å². The van der Waals surface area contributed by atoms with Crippen LogP contribution in [0, 0.1) is 17.8 Å².